The lowest BCUT2D eigenvalue weighted by atomic mass is 10.0. The van der Waals surface area contributed by atoms with Gasteiger partial charge in [-0.15, -0.1) is 0 Å². The molecule has 0 fully saturated rings. The van der Waals surface area contributed by atoms with Crippen LogP contribution in [0, 0.1) is 0 Å². The highest BCUT2D eigenvalue weighted by atomic mass is 16.4. The van der Waals surface area contributed by atoms with Gasteiger partial charge >= 0.3 is 5.97 Å². The van der Waals surface area contributed by atoms with Crippen molar-refractivity contribution in [3.63, 3.8) is 0 Å². The fourth-order valence-electron chi connectivity index (χ4n) is 2.06. The molecule has 0 amide bonds. The summed E-state index contributed by atoms with van der Waals surface area (Å²) in [6.45, 7) is 0. The summed E-state index contributed by atoms with van der Waals surface area (Å²) in [4.78, 5) is 14.1. The van der Waals surface area contributed by atoms with Crippen LogP contribution in [0.15, 0.2) is 59.5 Å². The second kappa shape index (κ2) is 4.49. The number of hydrogen-bond acceptors (Lipinski definition) is 2. The Kier molecular flexibility index (Phi) is 2.68. The van der Waals surface area contributed by atoms with Gasteiger partial charge < -0.3 is 14.5 Å². The van der Waals surface area contributed by atoms with Crippen molar-refractivity contribution < 1.29 is 14.3 Å². The first-order valence-corrected chi connectivity index (χ1v) is 5.79. The van der Waals surface area contributed by atoms with Crippen LogP contribution >= 0.6 is 0 Å². The number of aromatic carboxylic acids is 1. The predicted molar refractivity (Wildman–Crippen MR) is 71.8 cm³/mol. The van der Waals surface area contributed by atoms with E-state index in [1.165, 1.54) is 12.5 Å². The Morgan fingerprint density at radius 2 is 2.05 bits per heavy atom. The Balaban J connectivity index is 2.43. The Bertz CT molecular complexity index is 768. The van der Waals surface area contributed by atoms with E-state index in [-0.39, 0.29) is 5.56 Å². The molecule has 1 aromatic rings. The molecule has 1 aromatic carbocycles. The molecule has 0 saturated heterocycles. The van der Waals surface area contributed by atoms with Crippen LogP contribution in [0.1, 0.15) is 10.4 Å². The van der Waals surface area contributed by atoms with E-state index in [1.54, 1.807) is 18.4 Å². The SMILES string of the molecule is O=C(O)c1c[nH]c2c3ccccc3coccc-2c1. The molecule has 0 saturated carbocycles. The highest BCUT2D eigenvalue weighted by Gasteiger charge is 2.09. The first-order chi connectivity index (χ1) is 9.25. The van der Waals surface area contributed by atoms with Gasteiger partial charge in [-0.25, -0.2) is 4.79 Å². The summed E-state index contributed by atoms with van der Waals surface area (Å²) in [7, 11) is 0. The third-order valence-corrected chi connectivity index (χ3v) is 2.97. The van der Waals surface area contributed by atoms with Crippen molar-refractivity contribution in [3.05, 3.63) is 60.7 Å². The van der Waals surface area contributed by atoms with E-state index in [1.807, 2.05) is 24.3 Å². The summed E-state index contributed by atoms with van der Waals surface area (Å²) >= 11 is 0. The molecule has 0 spiro atoms. The Morgan fingerprint density at radius 3 is 2.89 bits per heavy atom. The number of rotatable bonds is 1. The van der Waals surface area contributed by atoms with Crippen LogP contribution < -0.4 is 0 Å². The van der Waals surface area contributed by atoms with Gasteiger partial charge in [-0.3, -0.25) is 0 Å². The van der Waals surface area contributed by atoms with E-state index in [9.17, 15) is 4.79 Å². The number of carboxylic acid groups (broad SMARTS) is 1. The maximum atomic E-state index is 11.0. The molecule has 4 heteroatoms. The van der Waals surface area contributed by atoms with Crippen LogP contribution in [0.25, 0.3) is 22.0 Å². The quantitative estimate of drug-likeness (QED) is 0.695. The number of carboxylic acids is 1. The van der Waals surface area contributed by atoms with Gasteiger partial charge in [0.1, 0.15) is 0 Å². The standard InChI is InChI=1S/C15H11NO3/c17-15(18)12-7-10-5-6-19-9-11-3-1-2-4-13(11)14(10)16-8-12/h1-9,16H,(H,17,18). The Labute approximate surface area is 109 Å². The van der Waals surface area contributed by atoms with Crippen molar-refractivity contribution in [1.82, 2.24) is 4.98 Å². The van der Waals surface area contributed by atoms with E-state index in [0.717, 1.165) is 22.0 Å². The average Bonchev–Trinajstić information content (AvgIpc) is 2.41. The number of pyridine rings is 1. The number of H-pyrrole nitrogens is 1. The van der Waals surface area contributed by atoms with Gasteiger partial charge in [0.2, 0.25) is 0 Å². The minimum atomic E-state index is -0.963. The summed E-state index contributed by atoms with van der Waals surface area (Å²) in [5.74, 6) is -0.963. The number of carbonyl (C=O) groups is 1. The number of aromatic nitrogens is 1. The predicted octanol–water partition coefficient (Wildman–Crippen LogP) is 3.69. The van der Waals surface area contributed by atoms with Crippen molar-refractivity contribution in [1.29, 1.82) is 0 Å². The lowest BCUT2D eigenvalue weighted by molar-refractivity contribution is 0.0696. The summed E-state index contributed by atoms with van der Waals surface area (Å²) in [6.07, 6.45) is 4.69. The second-order valence-electron chi connectivity index (χ2n) is 4.17. The number of fused-ring (bicyclic) bond motifs is 3. The monoisotopic (exact) mass is 253 g/mol. The minimum absolute atomic E-state index is 0.213. The zero-order chi connectivity index (χ0) is 13.2. The van der Waals surface area contributed by atoms with Crippen molar-refractivity contribution in [3.8, 4) is 11.3 Å². The highest BCUT2D eigenvalue weighted by molar-refractivity contribution is 5.96. The number of nitrogens with one attached hydrogen (secondary N) is 1. The second-order valence-corrected chi connectivity index (χ2v) is 4.17. The molecule has 94 valence electrons. The fraction of sp³-hybridized carbons (Fsp3) is 0. The molecule has 4 nitrogen and oxygen atoms in total. The average molecular weight is 253 g/mol. The van der Waals surface area contributed by atoms with E-state index in [2.05, 4.69) is 4.98 Å². The van der Waals surface area contributed by atoms with Gasteiger partial charge in [-0.1, -0.05) is 24.3 Å². The molecular weight excluding hydrogens is 242 g/mol. The van der Waals surface area contributed by atoms with Gasteiger partial charge in [-0.05, 0) is 12.1 Å². The molecule has 3 rings (SSSR count). The van der Waals surface area contributed by atoms with Crippen molar-refractivity contribution in [2.45, 2.75) is 0 Å². The lowest BCUT2D eigenvalue weighted by Crippen LogP contribution is -1.98. The van der Waals surface area contributed by atoms with Crippen LogP contribution in [0.2, 0.25) is 0 Å². The maximum Gasteiger partial charge on any atom is 0.337 e. The zero-order valence-electron chi connectivity index (χ0n) is 9.96. The smallest absolute Gasteiger partial charge is 0.337 e. The largest absolute Gasteiger partial charge is 0.478 e. The summed E-state index contributed by atoms with van der Waals surface area (Å²) in [5.41, 5.74) is 1.86. The molecule has 0 radical (unpaired) electrons. The number of hydrogen-bond donors (Lipinski definition) is 2. The third kappa shape index (κ3) is 2.04. The van der Waals surface area contributed by atoms with Crippen LogP contribution in [-0.4, -0.2) is 16.1 Å². The molecule has 0 aromatic heterocycles. The van der Waals surface area contributed by atoms with Crippen molar-refractivity contribution in [2.24, 2.45) is 0 Å². The van der Waals surface area contributed by atoms with Crippen molar-refractivity contribution in [2.75, 3.05) is 0 Å². The fourth-order valence-corrected chi connectivity index (χ4v) is 2.06. The summed E-state index contributed by atoms with van der Waals surface area (Å²) < 4.78 is 5.29. The third-order valence-electron chi connectivity index (χ3n) is 2.97. The number of aromatic amines is 1. The molecule has 2 heterocycles. The van der Waals surface area contributed by atoms with Gasteiger partial charge in [0.15, 0.2) is 0 Å². The Morgan fingerprint density at radius 1 is 1.21 bits per heavy atom. The van der Waals surface area contributed by atoms with Crippen LogP contribution in [-0.2, 0) is 0 Å². The normalized spacial score (nSPS) is 10.5. The van der Waals surface area contributed by atoms with E-state index >= 15 is 0 Å². The topological polar surface area (TPSA) is 66.2 Å². The van der Waals surface area contributed by atoms with Gasteiger partial charge in [0.05, 0.1) is 23.8 Å². The molecule has 2 aliphatic rings. The molecule has 19 heavy (non-hydrogen) atoms. The van der Waals surface area contributed by atoms with Crippen molar-refractivity contribution >= 4 is 16.7 Å². The summed E-state index contributed by atoms with van der Waals surface area (Å²) in [6, 6.07) is 11.1. The van der Waals surface area contributed by atoms with E-state index in [4.69, 9.17) is 9.52 Å². The first-order valence-electron chi connectivity index (χ1n) is 5.79. The Hall–Kier alpha value is -2.75. The minimum Gasteiger partial charge on any atom is -0.478 e. The molecule has 0 unspecified atom stereocenters. The first kappa shape index (κ1) is 11.3. The van der Waals surface area contributed by atoms with E-state index < -0.39 is 5.97 Å². The van der Waals surface area contributed by atoms with Crippen LogP contribution in [0.3, 0.4) is 0 Å². The highest BCUT2D eigenvalue weighted by Crippen LogP contribution is 2.26. The summed E-state index contributed by atoms with van der Waals surface area (Å²) in [5, 5.41) is 10.9. The van der Waals surface area contributed by atoms with Crippen LogP contribution in [0.5, 0.6) is 0 Å². The van der Waals surface area contributed by atoms with E-state index in [0.29, 0.717) is 0 Å². The molecule has 0 atom stereocenters. The van der Waals surface area contributed by atoms with Gasteiger partial charge in [0, 0.05) is 22.5 Å². The maximum absolute atomic E-state index is 11.0. The molecular formula is C15H11NO3. The molecule has 2 aliphatic heterocycles. The zero-order valence-corrected chi connectivity index (χ0v) is 9.96. The number of benzene rings is 1. The lowest BCUT2D eigenvalue weighted by Gasteiger charge is -2.08. The molecule has 0 bridgehead atoms. The van der Waals surface area contributed by atoms with Gasteiger partial charge in [-0.2, -0.15) is 0 Å². The van der Waals surface area contributed by atoms with Gasteiger partial charge in [0.25, 0.3) is 0 Å². The molecule has 0 aliphatic carbocycles. The van der Waals surface area contributed by atoms with Crippen LogP contribution in [0.4, 0.5) is 0 Å². The molecule has 2 N–H and O–H groups in total.